The fourth-order valence-electron chi connectivity index (χ4n) is 3.69. The van der Waals surface area contributed by atoms with Crippen LogP contribution in [0.1, 0.15) is 64.4 Å². The lowest BCUT2D eigenvalue weighted by Crippen LogP contribution is -2.15. The fourth-order valence-corrected chi connectivity index (χ4v) is 3.69. The van der Waals surface area contributed by atoms with Crippen molar-refractivity contribution in [3.05, 3.63) is 35.4 Å². The summed E-state index contributed by atoms with van der Waals surface area (Å²) in [5.41, 5.74) is 2.57. The highest BCUT2D eigenvalue weighted by molar-refractivity contribution is 5.83. The van der Waals surface area contributed by atoms with Gasteiger partial charge in [0, 0.05) is 12.3 Å². The maximum atomic E-state index is 12.2. The van der Waals surface area contributed by atoms with E-state index in [1.165, 1.54) is 30.4 Å². The van der Waals surface area contributed by atoms with Crippen LogP contribution in [0.25, 0.3) is 6.08 Å². The van der Waals surface area contributed by atoms with Crippen LogP contribution in [-0.4, -0.2) is 12.9 Å². The van der Waals surface area contributed by atoms with Crippen LogP contribution in [-0.2, 0) is 4.79 Å². The van der Waals surface area contributed by atoms with Crippen molar-refractivity contribution in [3.63, 3.8) is 0 Å². The molecule has 0 aromatic heterocycles. The minimum absolute atomic E-state index is 0.306. The molecule has 0 N–H and O–H groups in total. The first kappa shape index (κ1) is 17.8. The average Bonchev–Trinajstić information content (AvgIpc) is 2.89. The average molecular weight is 314 g/mol. The second-order valence-electron chi connectivity index (χ2n) is 6.84. The molecular formula is C21H30O2. The molecule has 1 aromatic carbocycles. The number of methoxy groups -OCH3 is 1. The first-order valence-electron chi connectivity index (χ1n) is 8.98. The van der Waals surface area contributed by atoms with Gasteiger partial charge in [-0.15, -0.1) is 0 Å². The smallest absolute Gasteiger partial charge is 0.136 e. The topological polar surface area (TPSA) is 26.3 Å². The molecule has 1 fully saturated rings. The van der Waals surface area contributed by atoms with Crippen molar-refractivity contribution in [2.45, 2.75) is 58.8 Å². The van der Waals surface area contributed by atoms with Gasteiger partial charge in [-0.05, 0) is 49.8 Å². The van der Waals surface area contributed by atoms with Gasteiger partial charge in [0.15, 0.2) is 0 Å². The largest absolute Gasteiger partial charge is 0.497 e. The number of rotatable bonds is 8. The molecule has 1 aliphatic carbocycles. The Labute approximate surface area is 140 Å². The number of allylic oxidation sites excluding steroid dienone is 1. The lowest BCUT2D eigenvalue weighted by atomic mass is 9.85. The van der Waals surface area contributed by atoms with Gasteiger partial charge >= 0.3 is 0 Å². The number of ketones is 1. The quantitative estimate of drug-likeness (QED) is 0.578. The highest BCUT2D eigenvalue weighted by Gasteiger charge is 2.33. The summed E-state index contributed by atoms with van der Waals surface area (Å²) in [4.78, 5) is 12.2. The normalized spacial score (nSPS) is 21.7. The molecule has 1 saturated carbocycles. The van der Waals surface area contributed by atoms with E-state index in [0.717, 1.165) is 31.4 Å². The molecule has 0 spiro atoms. The predicted octanol–water partition coefficient (Wildman–Crippen LogP) is 5.66. The Morgan fingerprint density at radius 1 is 1.26 bits per heavy atom. The van der Waals surface area contributed by atoms with Crippen molar-refractivity contribution in [3.8, 4) is 5.75 Å². The zero-order valence-electron chi connectivity index (χ0n) is 14.8. The molecule has 0 aliphatic heterocycles. The van der Waals surface area contributed by atoms with E-state index in [2.05, 4.69) is 32.1 Å². The zero-order chi connectivity index (χ0) is 16.7. The van der Waals surface area contributed by atoms with Crippen LogP contribution in [0, 0.1) is 11.8 Å². The summed E-state index contributed by atoms with van der Waals surface area (Å²) >= 11 is 0. The molecule has 2 nitrogen and oxygen atoms in total. The Kier molecular flexibility index (Phi) is 6.88. The van der Waals surface area contributed by atoms with Crippen LogP contribution in [0.15, 0.2) is 29.8 Å². The summed E-state index contributed by atoms with van der Waals surface area (Å²) < 4.78 is 5.20. The molecule has 2 unspecified atom stereocenters. The van der Waals surface area contributed by atoms with Gasteiger partial charge in [-0.1, -0.05) is 50.0 Å². The summed E-state index contributed by atoms with van der Waals surface area (Å²) in [6.07, 6.45) is 9.91. The summed E-state index contributed by atoms with van der Waals surface area (Å²) in [7, 11) is 1.69. The van der Waals surface area contributed by atoms with Crippen molar-refractivity contribution < 1.29 is 9.53 Å². The third kappa shape index (κ3) is 5.23. The number of ether oxygens (including phenoxy) is 1. The van der Waals surface area contributed by atoms with Crippen LogP contribution < -0.4 is 4.74 Å². The molecular weight excluding hydrogens is 284 g/mol. The number of unbranched alkanes of at least 4 members (excludes halogenated alkanes) is 2. The summed E-state index contributed by atoms with van der Waals surface area (Å²) in [6.45, 7) is 4.41. The number of carbonyl (C=O) groups excluding carboxylic acids is 1. The highest BCUT2D eigenvalue weighted by Crippen LogP contribution is 2.37. The lowest BCUT2D eigenvalue weighted by Gasteiger charge is -2.18. The second kappa shape index (κ2) is 8.90. The predicted molar refractivity (Wildman–Crippen MR) is 96.6 cm³/mol. The van der Waals surface area contributed by atoms with Crippen LogP contribution in [0.3, 0.4) is 0 Å². The van der Waals surface area contributed by atoms with Crippen molar-refractivity contribution >= 4 is 11.9 Å². The van der Waals surface area contributed by atoms with E-state index >= 15 is 0 Å². The van der Waals surface area contributed by atoms with Crippen LogP contribution >= 0.6 is 0 Å². The minimum atomic E-state index is 0.306. The molecule has 2 atom stereocenters. The number of Topliss-reactive ketones (excluding diaryl/α,β-unsaturated/α-hetero) is 1. The molecule has 1 aliphatic rings. The molecule has 0 saturated heterocycles. The van der Waals surface area contributed by atoms with E-state index in [4.69, 9.17) is 4.74 Å². The monoisotopic (exact) mass is 314 g/mol. The third-order valence-electron chi connectivity index (χ3n) is 4.98. The first-order chi connectivity index (χ1) is 11.1. The molecule has 0 amide bonds. The van der Waals surface area contributed by atoms with Gasteiger partial charge in [0.05, 0.1) is 7.11 Å². The Morgan fingerprint density at radius 2 is 2.00 bits per heavy atom. The van der Waals surface area contributed by atoms with E-state index in [-0.39, 0.29) is 0 Å². The zero-order valence-corrected chi connectivity index (χ0v) is 14.8. The van der Waals surface area contributed by atoms with Gasteiger partial charge in [0.2, 0.25) is 0 Å². The first-order valence-corrected chi connectivity index (χ1v) is 8.98. The van der Waals surface area contributed by atoms with Gasteiger partial charge in [-0.25, -0.2) is 0 Å². The van der Waals surface area contributed by atoms with Crippen LogP contribution in [0.5, 0.6) is 5.75 Å². The summed E-state index contributed by atoms with van der Waals surface area (Å²) in [6, 6.07) is 8.15. The molecule has 0 bridgehead atoms. The maximum Gasteiger partial charge on any atom is 0.136 e. The van der Waals surface area contributed by atoms with Gasteiger partial charge < -0.3 is 4.74 Å². The minimum Gasteiger partial charge on any atom is -0.497 e. The molecule has 0 radical (unpaired) electrons. The SMILES string of the molecule is CCCCCC1C(=O)CCC1C/C(C)=C/c1ccc(OC)cc1. The van der Waals surface area contributed by atoms with E-state index in [1.807, 2.05) is 12.1 Å². The van der Waals surface area contributed by atoms with Crippen molar-refractivity contribution in [2.75, 3.05) is 7.11 Å². The molecule has 126 valence electrons. The summed E-state index contributed by atoms with van der Waals surface area (Å²) in [5, 5.41) is 0. The third-order valence-corrected chi connectivity index (χ3v) is 4.98. The Bertz CT molecular complexity index is 527. The van der Waals surface area contributed by atoms with Gasteiger partial charge in [0.1, 0.15) is 11.5 Å². The number of hydrogen-bond acceptors (Lipinski definition) is 2. The van der Waals surface area contributed by atoms with Crippen molar-refractivity contribution in [1.82, 2.24) is 0 Å². The molecule has 23 heavy (non-hydrogen) atoms. The Morgan fingerprint density at radius 3 is 2.65 bits per heavy atom. The Balaban J connectivity index is 1.95. The second-order valence-corrected chi connectivity index (χ2v) is 6.84. The molecule has 2 heteroatoms. The standard InChI is InChI=1S/C21H30O2/c1-4-5-6-7-20-18(10-13-21(20)22)15-16(2)14-17-8-11-19(23-3)12-9-17/h8-9,11-12,14,18,20H,4-7,10,13,15H2,1-3H3/b16-14+. The number of benzene rings is 1. The number of hydrogen-bond donors (Lipinski definition) is 0. The van der Waals surface area contributed by atoms with Crippen molar-refractivity contribution in [1.29, 1.82) is 0 Å². The maximum absolute atomic E-state index is 12.2. The fraction of sp³-hybridized carbons (Fsp3) is 0.571. The lowest BCUT2D eigenvalue weighted by molar-refractivity contribution is -0.121. The molecule has 2 rings (SSSR count). The van der Waals surface area contributed by atoms with Crippen LogP contribution in [0.2, 0.25) is 0 Å². The highest BCUT2D eigenvalue weighted by atomic mass is 16.5. The van der Waals surface area contributed by atoms with Gasteiger partial charge in [-0.3, -0.25) is 4.79 Å². The van der Waals surface area contributed by atoms with Crippen LogP contribution in [0.4, 0.5) is 0 Å². The van der Waals surface area contributed by atoms with Gasteiger partial charge in [0.25, 0.3) is 0 Å². The van der Waals surface area contributed by atoms with E-state index < -0.39 is 0 Å². The van der Waals surface area contributed by atoms with E-state index in [9.17, 15) is 4.79 Å². The molecule has 1 aromatic rings. The Hall–Kier alpha value is -1.57. The van der Waals surface area contributed by atoms with Gasteiger partial charge in [-0.2, -0.15) is 0 Å². The van der Waals surface area contributed by atoms with Crippen molar-refractivity contribution in [2.24, 2.45) is 11.8 Å². The van der Waals surface area contributed by atoms with E-state index in [1.54, 1.807) is 7.11 Å². The van der Waals surface area contributed by atoms with E-state index in [0.29, 0.717) is 17.6 Å². The summed E-state index contributed by atoms with van der Waals surface area (Å²) in [5.74, 6) is 2.25. The number of carbonyl (C=O) groups is 1. The molecule has 0 heterocycles.